The van der Waals surface area contributed by atoms with Gasteiger partial charge in [-0.05, 0) is 48.9 Å². The summed E-state index contributed by atoms with van der Waals surface area (Å²) in [5.41, 5.74) is 4.20. The molecule has 0 unspecified atom stereocenters. The van der Waals surface area contributed by atoms with E-state index < -0.39 is 0 Å². The lowest BCUT2D eigenvalue weighted by atomic mass is 10.2. The molecule has 0 atom stereocenters. The largest absolute Gasteiger partial charge is 0.457 e. The molecule has 170 valence electrons. The molecule has 0 aliphatic carbocycles. The second-order valence-corrected chi connectivity index (χ2v) is 7.95. The van der Waals surface area contributed by atoms with Gasteiger partial charge in [0.15, 0.2) is 0 Å². The molecule has 0 radical (unpaired) electrons. The third-order valence-corrected chi connectivity index (χ3v) is 5.23. The molecule has 0 aliphatic heterocycles. The Bertz CT molecular complexity index is 1260. The minimum absolute atomic E-state index is 0.211. The fourth-order valence-corrected chi connectivity index (χ4v) is 3.39. The number of imidazole rings is 1. The lowest BCUT2D eigenvalue weighted by Crippen LogP contribution is -2.24. The standard InChI is InChI=1S/C25H28N6O2/c1-5-13-27-24(32)22-16-20(12-14-26-22)33-19-10-11-23-21(15-19)29-25(31(23)4)28-17-6-8-18(9-7-17)30(2)3/h6-12,14-16H,5,13H2,1-4H3,(H,27,32)(H,28,29). The number of anilines is 3. The van der Waals surface area contributed by atoms with Crippen LogP contribution in [0, 0.1) is 0 Å². The number of benzene rings is 2. The molecule has 1 amide bonds. The van der Waals surface area contributed by atoms with Gasteiger partial charge in [0, 0.05) is 57.4 Å². The normalized spacial score (nSPS) is 10.8. The Kier molecular flexibility index (Phi) is 6.44. The molecule has 0 aliphatic rings. The van der Waals surface area contributed by atoms with E-state index in [0.29, 0.717) is 23.7 Å². The highest BCUT2D eigenvalue weighted by atomic mass is 16.5. The van der Waals surface area contributed by atoms with Crippen LogP contribution in [0.15, 0.2) is 60.8 Å². The number of nitrogens with zero attached hydrogens (tertiary/aromatic N) is 4. The van der Waals surface area contributed by atoms with Gasteiger partial charge in [0.2, 0.25) is 5.95 Å². The number of amides is 1. The van der Waals surface area contributed by atoms with Crippen molar-refractivity contribution in [1.29, 1.82) is 0 Å². The number of aryl methyl sites for hydroxylation is 1. The molecule has 2 N–H and O–H groups in total. The molecular weight excluding hydrogens is 416 g/mol. The van der Waals surface area contributed by atoms with Crippen molar-refractivity contribution in [3.05, 3.63) is 66.5 Å². The monoisotopic (exact) mass is 444 g/mol. The Balaban J connectivity index is 1.52. The van der Waals surface area contributed by atoms with Crippen LogP contribution in [0.3, 0.4) is 0 Å². The Hall–Kier alpha value is -4.07. The van der Waals surface area contributed by atoms with Gasteiger partial charge < -0.3 is 24.8 Å². The fraction of sp³-hybridized carbons (Fsp3) is 0.240. The van der Waals surface area contributed by atoms with Gasteiger partial charge >= 0.3 is 0 Å². The first-order valence-corrected chi connectivity index (χ1v) is 10.9. The van der Waals surface area contributed by atoms with Crippen LogP contribution in [0.2, 0.25) is 0 Å². The summed E-state index contributed by atoms with van der Waals surface area (Å²) in [7, 11) is 6.00. The molecule has 2 aromatic carbocycles. The molecule has 0 bridgehead atoms. The summed E-state index contributed by atoms with van der Waals surface area (Å²) in [6.07, 6.45) is 2.43. The van der Waals surface area contributed by atoms with Crippen LogP contribution in [-0.4, -0.2) is 41.1 Å². The first-order chi connectivity index (χ1) is 15.9. The molecule has 8 nitrogen and oxygen atoms in total. The van der Waals surface area contributed by atoms with Gasteiger partial charge in [-0.15, -0.1) is 0 Å². The highest BCUT2D eigenvalue weighted by molar-refractivity contribution is 5.92. The number of fused-ring (bicyclic) bond motifs is 1. The number of hydrogen-bond acceptors (Lipinski definition) is 6. The van der Waals surface area contributed by atoms with Crippen LogP contribution in [0.25, 0.3) is 11.0 Å². The number of aromatic nitrogens is 3. The van der Waals surface area contributed by atoms with Crippen molar-refractivity contribution in [2.45, 2.75) is 13.3 Å². The van der Waals surface area contributed by atoms with Crippen molar-refractivity contribution in [3.8, 4) is 11.5 Å². The van der Waals surface area contributed by atoms with Gasteiger partial charge in [-0.3, -0.25) is 9.78 Å². The first-order valence-electron chi connectivity index (χ1n) is 10.9. The summed E-state index contributed by atoms with van der Waals surface area (Å²) in [5, 5.41) is 6.20. The van der Waals surface area contributed by atoms with E-state index in [1.165, 1.54) is 0 Å². The van der Waals surface area contributed by atoms with Crippen molar-refractivity contribution in [2.24, 2.45) is 7.05 Å². The second kappa shape index (κ2) is 9.60. The lowest BCUT2D eigenvalue weighted by molar-refractivity contribution is 0.0948. The van der Waals surface area contributed by atoms with Crippen molar-refractivity contribution in [2.75, 3.05) is 30.9 Å². The minimum atomic E-state index is -0.211. The fourth-order valence-electron chi connectivity index (χ4n) is 3.39. The summed E-state index contributed by atoms with van der Waals surface area (Å²) >= 11 is 0. The summed E-state index contributed by atoms with van der Waals surface area (Å²) in [5.74, 6) is 1.70. The molecular formula is C25H28N6O2. The van der Waals surface area contributed by atoms with E-state index in [-0.39, 0.29) is 5.91 Å². The van der Waals surface area contributed by atoms with E-state index in [2.05, 4.69) is 32.7 Å². The Morgan fingerprint density at radius 1 is 1.06 bits per heavy atom. The first kappa shape index (κ1) is 22.1. The van der Waals surface area contributed by atoms with E-state index in [1.807, 2.05) is 63.0 Å². The zero-order chi connectivity index (χ0) is 23.4. The zero-order valence-corrected chi connectivity index (χ0v) is 19.3. The molecule has 0 spiro atoms. The maximum absolute atomic E-state index is 12.2. The molecule has 2 aromatic heterocycles. The van der Waals surface area contributed by atoms with Crippen molar-refractivity contribution >= 4 is 34.3 Å². The molecule has 8 heteroatoms. The highest BCUT2D eigenvalue weighted by Crippen LogP contribution is 2.28. The summed E-state index contributed by atoms with van der Waals surface area (Å²) in [4.78, 5) is 23.1. The maximum Gasteiger partial charge on any atom is 0.270 e. The van der Waals surface area contributed by atoms with Crippen LogP contribution in [0.4, 0.5) is 17.3 Å². The van der Waals surface area contributed by atoms with Crippen LogP contribution in [0.1, 0.15) is 23.8 Å². The van der Waals surface area contributed by atoms with Gasteiger partial charge in [0.1, 0.15) is 17.2 Å². The van der Waals surface area contributed by atoms with Crippen LogP contribution >= 0.6 is 0 Å². The Morgan fingerprint density at radius 3 is 2.55 bits per heavy atom. The summed E-state index contributed by atoms with van der Waals surface area (Å²) < 4.78 is 7.99. The van der Waals surface area contributed by atoms with Gasteiger partial charge in [-0.2, -0.15) is 0 Å². The minimum Gasteiger partial charge on any atom is -0.457 e. The summed E-state index contributed by atoms with van der Waals surface area (Å²) in [6.45, 7) is 2.61. The van der Waals surface area contributed by atoms with E-state index in [4.69, 9.17) is 9.72 Å². The number of nitrogens with one attached hydrogen (secondary N) is 2. The SMILES string of the molecule is CCCNC(=O)c1cc(Oc2ccc3c(c2)nc(Nc2ccc(N(C)C)cc2)n3C)ccn1. The summed E-state index contributed by atoms with van der Waals surface area (Å²) in [6, 6.07) is 17.3. The number of rotatable bonds is 8. The van der Waals surface area contributed by atoms with Crippen molar-refractivity contribution in [3.63, 3.8) is 0 Å². The number of carbonyl (C=O) groups excluding carboxylic acids is 1. The molecule has 4 rings (SSSR count). The molecule has 0 saturated heterocycles. The second-order valence-electron chi connectivity index (χ2n) is 7.95. The molecule has 0 fully saturated rings. The molecule has 4 aromatic rings. The Labute approximate surface area is 193 Å². The van der Waals surface area contributed by atoms with Crippen LogP contribution in [0.5, 0.6) is 11.5 Å². The van der Waals surface area contributed by atoms with E-state index in [0.717, 1.165) is 34.8 Å². The third kappa shape index (κ3) is 5.06. The van der Waals surface area contributed by atoms with Crippen LogP contribution < -0.4 is 20.3 Å². The predicted octanol–water partition coefficient (Wildman–Crippen LogP) is 4.71. The maximum atomic E-state index is 12.2. The van der Waals surface area contributed by atoms with Gasteiger partial charge in [0.25, 0.3) is 5.91 Å². The van der Waals surface area contributed by atoms with Crippen molar-refractivity contribution in [1.82, 2.24) is 19.9 Å². The zero-order valence-electron chi connectivity index (χ0n) is 19.3. The smallest absolute Gasteiger partial charge is 0.270 e. The van der Waals surface area contributed by atoms with E-state index in [9.17, 15) is 4.79 Å². The predicted molar refractivity (Wildman–Crippen MR) is 132 cm³/mol. The highest BCUT2D eigenvalue weighted by Gasteiger charge is 2.11. The number of hydrogen-bond donors (Lipinski definition) is 2. The van der Waals surface area contributed by atoms with Gasteiger partial charge in [-0.1, -0.05) is 6.92 Å². The average molecular weight is 445 g/mol. The number of ether oxygens (including phenoxy) is 1. The Morgan fingerprint density at radius 2 is 1.82 bits per heavy atom. The quantitative estimate of drug-likeness (QED) is 0.409. The van der Waals surface area contributed by atoms with Crippen LogP contribution in [-0.2, 0) is 7.05 Å². The van der Waals surface area contributed by atoms with E-state index in [1.54, 1.807) is 18.3 Å². The topological polar surface area (TPSA) is 84.3 Å². The van der Waals surface area contributed by atoms with Gasteiger partial charge in [0.05, 0.1) is 11.0 Å². The number of pyridine rings is 1. The molecule has 0 saturated carbocycles. The van der Waals surface area contributed by atoms with E-state index >= 15 is 0 Å². The third-order valence-electron chi connectivity index (χ3n) is 5.23. The van der Waals surface area contributed by atoms with Crippen molar-refractivity contribution < 1.29 is 9.53 Å². The average Bonchev–Trinajstić information content (AvgIpc) is 3.12. The lowest BCUT2D eigenvalue weighted by Gasteiger charge is -2.13. The van der Waals surface area contributed by atoms with Gasteiger partial charge in [-0.25, -0.2) is 4.98 Å². The number of carbonyl (C=O) groups is 1. The molecule has 33 heavy (non-hydrogen) atoms. The molecule has 2 heterocycles.